The van der Waals surface area contributed by atoms with E-state index >= 15 is 0 Å². The minimum atomic E-state index is -4.17. The molecule has 1 rings (SSSR count). The van der Waals surface area contributed by atoms with Gasteiger partial charge in [0.25, 0.3) is 0 Å². The van der Waals surface area contributed by atoms with E-state index in [0.29, 0.717) is 19.0 Å². The van der Waals surface area contributed by atoms with Gasteiger partial charge < -0.3 is 16.0 Å². The summed E-state index contributed by atoms with van der Waals surface area (Å²) >= 11 is 0. The second-order valence-electron chi connectivity index (χ2n) is 5.91. The molecule has 1 heterocycles. The van der Waals surface area contributed by atoms with Crippen LogP contribution in [0.5, 0.6) is 0 Å². The van der Waals surface area contributed by atoms with E-state index in [-0.39, 0.29) is 42.5 Å². The first-order chi connectivity index (χ1) is 11.3. The van der Waals surface area contributed by atoms with Crippen molar-refractivity contribution < 1.29 is 18.0 Å². The van der Waals surface area contributed by atoms with Gasteiger partial charge >= 0.3 is 6.18 Å². The largest absolute Gasteiger partial charge is 0.390 e. The van der Waals surface area contributed by atoms with Crippen LogP contribution in [0.25, 0.3) is 0 Å². The number of piperidine rings is 1. The molecule has 0 aromatic carbocycles. The molecule has 1 amide bonds. The number of nitrogens with zero attached hydrogens (tertiary/aromatic N) is 2. The highest BCUT2D eigenvalue weighted by molar-refractivity contribution is 14.0. The van der Waals surface area contributed by atoms with Gasteiger partial charge in [0.15, 0.2) is 5.96 Å². The molecular formula is C15H29F3IN5O. The SMILES string of the molecule is CCCNC(=O)CN1CCC(NC(=NC)NCCC(F)(F)F)CC1.I. The van der Waals surface area contributed by atoms with Gasteiger partial charge in [-0.05, 0) is 19.3 Å². The highest BCUT2D eigenvalue weighted by Gasteiger charge is 2.26. The summed E-state index contributed by atoms with van der Waals surface area (Å²) in [6.45, 7) is 4.45. The third-order valence-electron chi connectivity index (χ3n) is 3.79. The summed E-state index contributed by atoms with van der Waals surface area (Å²) in [5.41, 5.74) is 0. The van der Waals surface area contributed by atoms with Crippen LogP contribution in [-0.2, 0) is 4.79 Å². The molecule has 0 atom stereocenters. The van der Waals surface area contributed by atoms with Crippen LogP contribution in [0.15, 0.2) is 4.99 Å². The van der Waals surface area contributed by atoms with Crippen molar-refractivity contribution in [1.29, 1.82) is 0 Å². The van der Waals surface area contributed by atoms with E-state index in [2.05, 4.69) is 25.8 Å². The summed E-state index contributed by atoms with van der Waals surface area (Å²) in [6, 6.07) is 0.150. The highest BCUT2D eigenvalue weighted by atomic mass is 127. The number of hydrogen-bond donors (Lipinski definition) is 3. The molecule has 1 aliphatic rings. The quantitative estimate of drug-likeness (QED) is 0.296. The van der Waals surface area contributed by atoms with Gasteiger partial charge in [0.05, 0.1) is 13.0 Å². The molecule has 0 saturated carbocycles. The predicted molar refractivity (Wildman–Crippen MR) is 103 cm³/mol. The van der Waals surface area contributed by atoms with Gasteiger partial charge in [0, 0.05) is 39.3 Å². The molecule has 10 heteroatoms. The van der Waals surface area contributed by atoms with E-state index in [4.69, 9.17) is 0 Å². The Morgan fingerprint density at radius 1 is 1.20 bits per heavy atom. The van der Waals surface area contributed by atoms with Crippen molar-refractivity contribution in [3.8, 4) is 0 Å². The summed E-state index contributed by atoms with van der Waals surface area (Å²) in [6.07, 6.45) is -2.51. The number of alkyl halides is 3. The lowest BCUT2D eigenvalue weighted by Gasteiger charge is -2.32. The standard InChI is InChI=1S/C15H28F3N5O.HI/c1-3-7-20-13(24)11-23-9-4-12(5-10-23)22-14(19-2)21-8-6-15(16,17)18;/h12H,3-11H2,1-2H3,(H,20,24)(H2,19,21,22);1H. The smallest absolute Gasteiger partial charge is 0.356 e. The minimum Gasteiger partial charge on any atom is -0.356 e. The molecule has 0 aliphatic carbocycles. The zero-order valence-corrected chi connectivity index (χ0v) is 17.1. The van der Waals surface area contributed by atoms with Crippen LogP contribution in [0.4, 0.5) is 13.2 Å². The molecule has 0 radical (unpaired) electrons. The predicted octanol–water partition coefficient (Wildman–Crippen LogP) is 1.71. The zero-order chi connectivity index (χ0) is 18.0. The Labute approximate surface area is 164 Å². The van der Waals surface area contributed by atoms with Gasteiger partial charge in [-0.3, -0.25) is 14.7 Å². The zero-order valence-electron chi connectivity index (χ0n) is 14.8. The van der Waals surface area contributed by atoms with Crippen molar-refractivity contribution >= 4 is 35.8 Å². The van der Waals surface area contributed by atoms with Crippen molar-refractivity contribution in [2.45, 2.75) is 44.8 Å². The molecule has 0 unspecified atom stereocenters. The first kappa shape index (κ1) is 24.2. The molecule has 25 heavy (non-hydrogen) atoms. The number of amides is 1. The lowest BCUT2D eigenvalue weighted by atomic mass is 10.1. The van der Waals surface area contributed by atoms with E-state index < -0.39 is 12.6 Å². The molecule has 6 nitrogen and oxygen atoms in total. The summed E-state index contributed by atoms with van der Waals surface area (Å²) in [5, 5.41) is 8.68. The van der Waals surface area contributed by atoms with Crippen LogP contribution in [0, 0.1) is 0 Å². The maximum absolute atomic E-state index is 12.2. The van der Waals surface area contributed by atoms with Gasteiger partial charge in [-0.25, -0.2) is 0 Å². The Morgan fingerprint density at radius 3 is 2.36 bits per heavy atom. The Morgan fingerprint density at radius 2 is 1.84 bits per heavy atom. The number of halogens is 4. The van der Waals surface area contributed by atoms with Crippen LogP contribution in [0.1, 0.15) is 32.6 Å². The number of likely N-dealkylation sites (tertiary alicyclic amines) is 1. The minimum absolute atomic E-state index is 0. The van der Waals surface area contributed by atoms with Gasteiger partial charge in [-0.2, -0.15) is 13.2 Å². The first-order valence-electron chi connectivity index (χ1n) is 8.37. The first-order valence-corrected chi connectivity index (χ1v) is 8.37. The lowest BCUT2D eigenvalue weighted by Crippen LogP contribution is -2.50. The number of guanidine groups is 1. The van der Waals surface area contributed by atoms with E-state index in [1.54, 1.807) is 0 Å². The van der Waals surface area contributed by atoms with Crippen LogP contribution < -0.4 is 16.0 Å². The van der Waals surface area contributed by atoms with Crippen molar-refractivity contribution in [2.24, 2.45) is 4.99 Å². The average Bonchev–Trinajstić information content (AvgIpc) is 2.52. The second-order valence-corrected chi connectivity index (χ2v) is 5.91. The maximum atomic E-state index is 12.2. The monoisotopic (exact) mass is 479 g/mol. The van der Waals surface area contributed by atoms with Crippen molar-refractivity contribution in [2.75, 3.05) is 39.8 Å². The Hall–Kier alpha value is -0.780. The van der Waals surface area contributed by atoms with Crippen molar-refractivity contribution in [3.63, 3.8) is 0 Å². The molecule has 0 aromatic rings. The molecule has 0 spiro atoms. The van der Waals surface area contributed by atoms with E-state index in [1.165, 1.54) is 7.05 Å². The average molecular weight is 479 g/mol. The number of rotatable bonds is 7. The van der Waals surface area contributed by atoms with Crippen LogP contribution >= 0.6 is 24.0 Å². The third-order valence-corrected chi connectivity index (χ3v) is 3.79. The summed E-state index contributed by atoms with van der Waals surface area (Å²) in [5.74, 6) is 0.422. The Kier molecular flexibility index (Phi) is 12.2. The molecule has 0 aromatic heterocycles. The third kappa shape index (κ3) is 11.4. The fourth-order valence-corrected chi connectivity index (χ4v) is 2.47. The molecule has 148 valence electrons. The van der Waals surface area contributed by atoms with E-state index in [9.17, 15) is 18.0 Å². The normalized spacial score (nSPS) is 16.9. The Balaban J connectivity index is 0.00000576. The summed E-state index contributed by atoms with van der Waals surface area (Å²) in [4.78, 5) is 17.7. The molecule has 0 bridgehead atoms. The fourth-order valence-electron chi connectivity index (χ4n) is 2.47. The highest BCUT2D eigenvalue weighted by Crippen LogP contribution is 2.18. The molecular weight excluding hydrogens is 450 g/mol. The fraction of sp³-hybridized carbons (Fsp3) is 0.867. The molecule has 1 saturated heterocycles. The van der Waals surface area contributed by atoms with E-state index in [1.807, 2.05) is 6.92 Å². The number of carbonyl (C=O) groups excluding carboxylic acids is 1. The van der Waals surface area contributed by atoms with Crippen molar-refractivity contribution in [3.05, 3.63) is 0 Å². The van der Waals surface area contributed by atoms with Crippen LogP contribution in [-0.4, -0.2) is 68.8 Å². The van der Waals surface area contributed by atoms with E-state index in [0.717, 1.165) is 32.4 Å². The topological polar surface area (TPSA) is 68.8 Å². The lowest BCUT2D eigenvalue weighted by molar-refractivity contribution is -0.132. The number of carbonyl (C=O) groups is 1. The van der Waals surface area contributed by atoms with Gasteiger partial charge in [0.2, 0.25) is 5.91 Å². The summed E-state index contributed by atoms with van der Waals surface area (Å²) in [7, 11) is 1.54. The maximum Gasteiger partial charge on any atom is 0.390 e. The molecule has 1 fully saturated rings. The Bertz CT molecular complexity index is 412. The van der Waals surface area contributed by atoms with Crippen LogP contribution in [0.2, 0.25) is 0 Å². The number of hydrogen-bond acceptors (Lipinski definition) is 3. The van der Waals surface area contributed by atoms with Crippen molar-refractivity contribution in [1.82, 2.24) is 20.9 Å². The molecule has 3 N–H and O–H groups in total. The molecule has 1 aliphatic heterocycles. The van der Waals surface area contributed by atoms with Crippen LogP contribution in [0.3, 0.4) is 0 Å². The number of nitrogens with one attached hydrogen (secondary N) is 3. The van der Waals surface area contributed by atoms with Gasteiger partial charge in [-0.1, -0.05) is 6.92 Å². The second kappa shape index (κ2) is 12.6. The van der Waals surface area contributed by atoms with Gasteiger partial charge in [-0.15, -0.1) is 24.0 Å². The van der Waals surface area contributed by atoms with Gasteiger partial charge in [0.1, 0.15) is 0 Å². The summed E-state index contributed by atoms with van der Waals surface area (Å²) < 4.78 is 36.5. The number of aliphatic imine (C=N–C) groups is 1.